The molecular formula is C16H16O3. The maximum Gasteiger partial charge on any atom is 0.150 e. The highest BCUT2D eigenvalue weighted by atomic mass is 16.5. The van der Waals surface area contributed by atoms with Crippen LogP contribution in [0.2, 0.25) is 0 Å². The van der Waals surface area contributed by atoms with E-state index in [-0.39, 0.29) is 0 Å². The summed E-state index contributed by atoms with van der Waals surface area (Å²) in [6, 6.07) is 15.0. The second-order valence-electron chi connectivity index (χ2n) is 4.14. The number of hydrogen-bond acceptors (Lipinski definition) is 3. The van der Waals surface area contributed by atoms with Crippen molar-refractivity contribution in [1.82, 2.24) is 0 Å². The first kappa shape index (κ1) is 13.1. The fourth-order valence-electron chi connectivity index (χ4n) is 1.79. The van der Waals surface area contributed by atoms with E-state index >= 15 is 0 Å². The van der Waals surface area contributed by atoms with Gasteiger partial charge in [0.15, 0.2) is 0 Å². The average molecular weight is 256 g/mol. The Morgan fingerprint density at radius 1 is 1.05 bits per heavy atom. The monoisotopic (exact) mass is 256 g/mol. The van der Waals surface area contributed by atoms with Gasteiger partial charge < -0.3 is 9.47 Å². The molecule has 0 spiro atoms. The van der Waals surface area contributed by atoms with E-state index in [1.807, 2.05) is 36.4 Å². The Labute approximate surface area is 112 Å². The fourth-order valence-corrected chi connectivity index (χ4v) is 1.79. The lowest BCUT2D eigenvalue weighted by Gasteiger charge is -2.07. The van der Waals surface area contributed by atoms with Gasteiger partial charge in [0.2, 0.25) is 0 Å². The minimum absolute atomic E-state index is 0.565. The second-order valence-corrected chi connectivity index (χ2v) is 4.14. The van der Waals surface area contributed by atoms with Gasteiger partial charge in [-0.15, -0.1) is 0 Å². The van der Waals surface area contributed by atoms with Crippen molar-refractivity contribution < 1.29 is 14.3 Å². The summed E-state index contributed by atoms with van der Waals surface area (Å²) in [5, 5.41) is 0. The number of carbonyl (C=O) groups excluding carboxylic acids is 1. The molecule has 3 heteroatoms. The van der Waals surface area contributed by atoms with Crippen LogP contribution in [0.1, 0.15) is 15.9 Å². The van der Waals surface area contributed by atoms with Crippen molar-refractivity contribution >= 4 is 6.29 Å². The van der Waals surface area contributed by atoms with Crippen molar-refractivity contribution in [3.63, 3.8) is 0 Å². The zero-order valence-corrected chi connectivity index (χ0v) is 10.8. The molecule has 0 unspecified atom stereocenters. The first-order valence-corrected chi connectivity index (χ1v) is 6.13. The Kier molecular flexibility index (Phi) is 4.56. The highest BCUT2D eigenvalue weighted by Crippen LogP contribution is 2.15. The van der Waals surface area contributed by atoms with E-state index in [2.05, 4.69) is 0 Å². The van der Waals surface area contributed by atoms with E-state index in [0.717, 1.165) is 24.0 Å². The summed E-state index contributed by atoms with van der Waals surface area (Å²) in [5.41, 5.74) is 1.78. The van der Waals surface area contributed by atoms with E-state index in [9.17, 15) is 4.79 Å². The first-order chi connectivity index (χ1) is 9.31. The van der Waals surface area contributed by atoms with Crippen molar-refractivity contribution in [2.24, 2.45) is 0 Å². The molecule has 0 bridgehead atoms. The van der Waals surface area contributed by atoms with Crippen molar-refractivity contribution in [2.45, 2.75) is 6.42 Å². The molecule has 0 atom stereocenters. The lowest BCUT2D eigenvalue weighted by Crippen LogP contribution is -2.01. The van der Waals surface area contributed by atoms with E-state index in [4.69, 9.17) is 9.47 Å². The lowest BCUT2D eigenvalue weighted by atomic mass is 10.1. The normalized spacial score (nSPS) is 9.95. The van der Waals surface area contributed by atoms with Crippen LogP contribution in [0, 0.1) is 0 Å². The van der Waals surface area contributed by atoms with Crippen LogP contribution in [0.25, 0.3) is 0 Å². The highest BCUT2D eigenvalue weighted by molar-refractivity contribution is 5.75. The lowest BCUT2D eigenvalue weighted by molar-refractivity contribution is 0.112. The molecule has 0 amide bonds. The van der Waals surface area contributed by atoms with Gasteiger partial charge in [-0.1, -0.05) is 24.3 Å². The molecule has 0 aliphatic heterocycles. The van der Waals surface area contributed by atoms with Gasteiger partial charge in [-0.05, 0) is 29.8 Å². The van der Waals surface area contributed by atoms with Gasteiger partial charge >= 0.3 is 0 Å². The Hall–Kier alpha value is -2.29. The molecule has 0 aliphatic rings. The SMILES string of the molecule is COc1cccc(CCOc2cccc(C=O)c2)c1. The molecule has 0 fully saturated rings. The summed E-state index contributed by atoms with van der Waals surface area (Å²) >= 11 is 0. The molecule has 3 nitrogen and oxygen atoms in total. The van der Waals surface area contributed by atoms with Crippen molar-refractivity contribution in [1.29, 1.82) is 0 Å². The number of hydrogen-bond donors (Lipinski definition) is 0. The van der Waals surface area contributed by atoms with E-state index in [1.54, 1.807) is 19.2 Å². The van der Waals surface area contributed by atoms with Crippen LogP contribution in [0.4, 0.5) is 0 Å². The van der Waals surface area contributed by atoms with Crippen LogP contribution in [-0.4, -0.2) is 20.0 Å². The number of aldehydes is 1. The van der Waals surface area contributed by atoms with Crippen molar-refractivity contribution in [2.75, 3.05) is 13.7 Å². The van der Waals surface area contributed by atoms with E-state index in [0.29, 0.717) is 17.9 Å². The van der Waals surface area contributed by atoms with Crippen LogP contribution in [0.15, 0.2) is 48.5 Å². The molecule has 19 heavy (non-hydrogen) atoms. The number of benzene rings is 2. The Morgan fingerprint density at radius 2 is 1.84 bits per heavy atom. The molecule has 0 saturated heterocycles. The fraction of sp³-hybridized carbons (Fsp3) is 0.188. The van der Waals surface area contributed by atoms with Crippen LogP contribution in [-0.2, 0) is 6.42 Å². The Morgan fingerprint density at radius 3 is 2.63 bits per heavy atom. The number of ether oxygens (including phenoxy) is 2. The predicted molar refractivity (Wildman–Crippen MR) is 74.0 cm³/mol. The van der Waals surface area contributed by atoms with Crippen molar-refractivity contribution in [3.8, 4) is 11.5 Å². The van der Waals surface area contributed by atoms with Gasteiger partial charge in [-0.2, -0.15) is 0 Å². The summed E-state index contributed by atoms with van der Waals surface area (Å²) in [4.78, 5) is 10.7. The van der Waals surface area contributed by atoms with E-state index in [1.165, 1.54) is 0 Å². The molecule has 0 radical (unpaired) electrons. The zero-order valence-electron chi connectivity index (χ0n) is 10.8. The number of methoxy groups -OCH3 is 1. The van der Waals surface area contributed by atoms with Gasteiger partial charge in [0.1, 0.15) is 17.8 Å². The number of carbonyl (C=O) groups is 1. The summed E-state index contributed by atoms with van der Waals surface area (Å²) in [7, 11) is 1.65. The molecule has 2 rings (SSSR count). The van der Waals surface area contributed by atoms with Crippen LogP contribution < -0.4 is 9.47 Å². The molecule has 0 aromatic heterocycles. The molecule has 98 valence electrons. The molecular weight excluding hydrogens is 240 g/mol. The van der Waals surface area contributed by atoms with Crippen molar-refractivity contribution in [3.05, 3.63) is 59.7 Å². The quantitative estimate of drug-likeness (QED) is 0.745. The van der Waals surface area contributed by atoms with Gasteiger partial charge in [-0.25, -0.2) is 0 Å². The van der Waals surface area contributed by atoms with Crippen LogP contribution in [0.5, 0.6) is 11.5 Å². The van der Waals surface area contributed by atoms with Gasteiger partial charge in [0, 0.05) is 12.0 Å². The molecule has 0 heterocycles. The molecule has 2 aromatic rings. The summed E-state index contributed by atoms with van der Waals surface area (Å²) in [6.45, 7) is 0.565. The first-order valence-electron chi connectivity index (χ1n) is 6.13. The minimum Gasteiger partial charge on any atom is -0.497 e. The second kappa shape index (κ2) is 6.59. The van der Waals surface area contributed by atoms with Crippen LogP contribution in [0.3, 0.4) is 0 Å². The molecule has 0 aliphatic carbocycles. The van der Waals surface area contributed by atoms with Crippen LogP contribution >= 0.6 is 0 Å². The third-order valence-electron chi connectivity index (χ3n) is 2.79. The largest absolute Gasteiger partial charge is 0.497 e. The molecule has 0 N–H and O–H groups in total. The van der Waals surface area contributed by atoms with Gasteiger partial charge in [-0.3, -0.25) is 4.79 Å². The average Bonchev–Trinajstić information content (AvgIpc) is 2.48. The number of rotatable bonds is 6. The summed E-state index contributed by atoms with van der Waals surface area (Å²) in [6.07, 6.45) is 1.61. The van der Waals surface area contributed by atoms with Gasteiger partial charge in [0.05, 0.1) is 13.7 Å². The maximum atomic E-state index is 10.7. The predicted octanol–water partition coefficient (Wildman–Crippen LogP) is 3.13. The van der Waals surface area contributed by atoms with Gasteiger partial charge in [0.25, 0.3) is 0 Å². The zero-order chi connectivity index (χ0) is 13.5. The minimum atomic E-state index is 0.565. The highest BCUT2D eigenvalue weighted by Gasteiger charge is 1.99. The third-order valence-corrected chi connectivity index (χ3v) is 2.79. The summed E-state index contributed by atoms with van der Waals surface area (Å²) < 4.78 is 10.8. The smallest absolute Gasteiger partial charge is 0.150 e. The van der Waals surface area contributed by atoms with E-state index < -0.39 is 0 Å². The topological polar surface area (TPSA) is 35.5 Å². The Bertz CT molecular complexity index is 549. The molecule has 0 saturated carbocycles. The molecule has 2 aromatic carbocycles. The maximum absolute atomic E-state index is 10.7. The Balaban J connectivity index is 1.90. The standard InChI is InChI=1S/C16H16O3/c1-18-15-6-2-4-13(10-15)8-9-19-16-7-3-5-14(11-16)12-17/h2-7,10-12H,8-9H2,1H3. The summed E-state index contributed by atoms with van der Waals surface area (Å²) in [5.74, 6) is 1.56. The third kappa shape index (κ3) is 3.85.